The van der Waals surface area contributed by atoms with E-state index in [0.717, 1.165) is 19.3 Å². The monoisotopic (exact) mass is 358 g/mol. The van der Waals surface area contributed by atoms with E-state index in [1.807, 2.05) is 12.2 Å². The molecule has 0 saturated heterocycles. The summed E-state index contributed by atoms with van der Waals surface area (Å²) < 4.78 is 0. The van der Waals surface area contributed by atoms with Gasteiger partial charge in [0.1, 0.15) is 0 Å². The Morgan fingerprint density at radius 1 is 0.846 bits per heavy atom. The third-order valence-corrected chi connectivity index (χ3v) is 7.84. The summed E-state index contributed by atoms with van der Waals surface area (Å²) in [6.07, 6.45) is 10.8. The SMILES string of the molecule is CCC(C)(C1=CC=C(O)C(C)(C(C)C)C1)C1=CC=C(O)C(C)(C(C)C)C1. The second-order valence-electron chi connectivity index (χ2n) is 9.67. The van der Waals surface area contributed by atoms with Crippen molar-refractivity contribution >= 4 is 0 Å². The molecule has 0 aromatic heterocycles. The Morgan fingerprint density at radius 3 is 1.46 bits per heavy atom. The van der Waals surface area contributed by atoms with Crippen LogP contribution in [0.4, 0.5) is 0 Å². The van der Waals surface area contributed by atoms with E-state index in [9.17, 15) is 10.2 Å². The van der Waals surface area contributed by atoms with Crippen LogP contribution in [-0.2, 0) is 0 Å². The summed E-state index contributed by atoms with van der Waals surface area (Å²) in [5, 5.41) is 21.0. The van der Waals surface area contributed by atoms with E-state index in [4.69, 9.17) is 0 Å². The molecule has 0 amide bonds. The molecule has 0 spiro atoms. The van der Waals surface area contributed by atoms with Crippen molar-refractivity contribution in [3.8, 4) is 0 Å². The average Bonchev–Trinajstić information content (AvgIpc) is 2.58. The average molecular weight is 359 g/mol. The fourth-order valence-corrected chi connectivity index (χ4v) is 4.25. The van der Waals surface area contributed by atoms with Gasteiger partial charge in [-0.25, -0.2) is 0 Å². The maximum atomic E-state index is 10.5. The van der Waals surface area contributed by atoms with Crippen molar-refractivity contribution in [3.63, 3.8) is 0 Å². The zero-order valence-corrected chi connectivity index (χ0v) is 18.0. The lowest BCUT2D eigenvalue weighted by atomic mass is 9.59. The van der Waals surface area contributed by atoms with E-state index < -0.39 is 0 Å². The van der Waals surface area contributed by atoms with Gasteiger partial charge < -0.3 is 10.2 Å². The van der Waals surface area contributed by atoms with Gasteiger partial charge in [-0.2, -0.15) is 0 Å². The molecule has 2 N–H and O–H groups in total. The molecule has 2 aliphatic carbocycles. The molecule has 2 atom stereocenters. The van der Waals surface area contributed by atoms with Gasteiger partial charge in [0.15, 0.2) is 0 Å². The Labute approximate surface area is 160 Å². The Morgan fingerprint density at radius 2 is 1.19 bits per heavy atom. The zero-order chi connectivity index (χ0) is 19.9. The largest absolute Gasteiger partial charge is 0.512 e. The van der Waals surface area contributed by atoms with Crippen LogP contribution in [0.15, 0.2) is 47.0 Å². The minimum absolute atomic E-state index is 0.0549. The van der Waals surface area contributed by atoms with Gasteiger partial charge in [0.25, 0.3) is 0 Å². The molecule has 2 aliphatic rings. The lowest BCUT2D eigenvalue weighted by molar-refractivity contribution is 0.149. The van der Waals surface area contributed by atoms with Crippen LogP contribution < -0.4 is 0 Å². The quantitative estimate of drug-likeness (QED) is 0.542. The van der Waals surface area contributed by atoms with Crippen molar-refractivity contribution < 1.29 is 10.2 Å². The number of hydrogen-bond acceptors (Lipinski definition) is 2. The lowest BCUT2D eigenvalue weighted by Crippen LogP contribution is -2.36. The number of aliphatic hydroxyl groups excluding tert-OH is 2. The highest BCUT2D eigenvalue weighted by atomic mass is 16.3. The van der Waals surface area contributed by atoms with Gasteiger partial charge in [0.05, 0.1) is 11.5 Å². The van der Waals surface area contributed by atoms with E-state index >= 15 is 0 Å². The molecular formula is C24H38O2. The van der Waals surface area contributed by atoms with Crippen molar-refractivity contribution in [1.29, 1.82) is 0 Å². The first-order valence-corrected chi connectivity index (χ1v) is 10.1. The summed E-state index contributed by atoms with van der Waals surface area (Å²) in [5.74, 6) is 1.73. The third-order valence-electron chi connectivity index (χ3n) is 7.84. The number of aliphatic hydroxyl groups is 2. The van der Waals surface area contributed by atoms with Gasteiger partial charge in [-0.3, -0.25) is 0 Å². The number of allylic oxidation sites excluding steroid dienone is 8. The molecule has 2 rings (SSSR count). The fraction of sp³-hybridized carbons (Fsp3) is 0.667. The standard InChI is InChI=1S/C24H38O2/c1-9-22(6,18-10-12-20(25)23(7,14-18)16(2)3)19-11-13-21(26)24(8,15-19)17(4)5/h10-13,16-17,25-26H,9,14-15H2,1-8H3. The van der Waals surface area contributed by atoms with E-state index in [-0.39, 0.29) is 16.2 Å². The van der Waals surface area contributed by atoms with Crippen molar-refractivity contribution in [2.75, 3.05) is 0 Å². The number of hydrogen-bond donors (Lipinski definition) is 2. The smallest absolute Gasteiger partial charge is 0.0987 e. The normalized spacial score (nSPS) is 31.9. The highest BCUT2D eigenvalue weighted by Crippen LogP contribution is 2.54. The van der Waals surface area contributed by atoms with Crippen LogP contribution in [0.1, 0.15) is 74.7 Å². The molecule has 0 aromatic carbocycles. The molecule has 0 aromatic rings. The first-order chi connectivity index (χ1) is 11.9. The van der Waals surface area contributed by atoms with Crippen LogP contribution in [0.2, 0.25) is 0 Å². The van der Waals surface area contributed by atoms with E-state index in [1.165, 1.54) is 11.1 Å². The van der Waals surface area contributed by atoms with Crippen LogP contribution in [-0.4, -0.2) is 10.2 Å². The van der Waals surface area contributed by atoms with Crippen LogP contribution in [0.25, 0.3) is 0 Å². The summed E-state index contributed by atoms with van der Waals surface area (Å²) in [6.45, 7) is 17.7. The highest BCUT2D eigenvalue weighted by Gasteiger charge is 2.45. The van der Waals surface area contributed by atoms with Gasteiger partial charge in [-0.1, -0.05) is 78.7 Å². The molecule has 0 saturated carbocycles. The van der Waals surface area contributed by atoms with E-state index in [1.54, 1.807) is 0 Å². The predicted octanol–water partition coefficient (Wildman–Crippen LogP) is 7.27. The van der Waals surface area contributed by atoms with Gasteiger partial charge in [0.2, 0.25) is 0 Å². The van der Waals surface area contributed by atoms with Gasteiger partial charge in [-0.15, -0.1) is 0 Å². The molecule has 0 aliphatic heterocycles. The van der Waals surface area contributed by atoms with Crippen LogP contribution in [0, 0.1) is 28.1 Å². The minimum Gasteiger partial charge on any atom is -0.512 e. The molecule has 0 radical (unpaired) electrons. The van der Waals surface area contributed by atoms with Crippen LogP contribution in [0.5, 0.6) is 0 Å². The van der Waals surface area contributed by atoms with Crippen molar-refractivity contribution in [1.82, 2.24) is 0 Å². The molecule has 26 heavy (non-hydrogen) atoms. The van der Waals surface area contributed by atoms with Gasteiger partial charge >= 0.3 is 0 Å². The van der Waals surface area contributed by atoms with E-state index in [2.05, 4.69) is 67.5 Å². The van der Waals surface area contributed by atoms with Crippen LogP contribution >= 0.6 is 0 Å². The summed E-state index contributed by atoms with van der Waals surface area (Å²) >= 11 is 0. The first kappa shape index (κ1) is 20.9. The van der Waals surface area contributed by atoms with Crippen molar-refractivity contribution in [2.24, 2.45) is 28.1 Å². The molecule has 2 unspecified atom stereocenters. The molecule has 2 nitrogen and oxygen atoms in total. The maximum Gasteiger partial charge on any atom is 0.0987 e. The lowest BCUT2D eigenvalue weighted by Gasteiger charge is -2.46. The summed E-state index contributed by atoms with van der Waals surface area (Å²) in [6, 6.07) is 0. The Balaban J connectivity index is 2.47. The second kappa shape index (κ2) is 6.94. The maximum absolute atomic E-state index is 10.5. The molecular weight excluding hydrogens is 320 g/mol. The minimum atomic E-state index is -0.213. The molecule has 146 valence electrons. The van der Waals surface area contributed by atoms with Gasteiger partial charge in [-0.05, 0) is 43.3 Å². The molecule has 0 heterocycles. The Hall–Kier alpha value is -1.44. The second-order valence-corrected chi connectivity index (χ2v) is 9.67. The summed E-state index contributed by atoms with van der Waals surface area (Å²) in [4.78, 5) is 0. The Kier molecular flexibility index (Phi) is 5.57. The first-order valence-electron chi connectivity index (χ1n) is 10.1. The predicted molar refractivity (Wildman–Crippen MR) is 111 cm³/mol. The summed E-state index contributed by atoms with van der Waals surface area (Å²) in [5.41, 5.74) is 2.30. The summed E-state index contributed by atoms with van der Waals surface area (Å²) in [7, 11) is 0. The number of rotatable bonds is 5. The molecule has 0 bridgehead atoms. The Bertz CT molecular complexity index is 620. The zero-order valence-electron chi connectivity index (χ0n) is 18.0. The topological polar surface area (TPSA) is 40.5 Å². The van der Waals surface area contributed by atoms with Gasteiger partial charge in [0, 0.05) is 16.2 Å². The van der Waals surface area contributed by atoms with Crippen molar-refractivity contribution in [3.05, 3.63) is 47.0 Å². The fourth-order valence-electron chi connectivity index (χ4n) is 4.25. The van der Waals surface area contributed by atoms with Crippen LogP contribution in [0.3, 0.4) is 0 Å². The van der Waals surface area contributed by atoms with Crippen molar-refractivity contribution in [2.45, 2.75) is 74.7 Å². The molecule has 2 heteroatoms. The highest BCUT2D eigenvalue weighted by molar-refractivity contribution is 5.41. The third kappa shape index (κ3) is 3.17. The van der Waals surface area contributed by atoms with E-state index in [0.29, 0.717) is 23.4 Å². The molecule has 0 fully saturated rings.